The van der Waals surface area contributed by atoms with Crippen LogP contribution < -0.4 is 82.7 Å². The Labute approximate surface area is 558 Å². The zero-order chi connectivity index (χ0) is 70.1. The molecular formula is C63H98N18O13S. The highest BCUT2D eigenvalue weighted by Gasteiger charge is 2.42. The van der Waals surface area contributed by atoms with Crippen LogP contribution in [0, 0.1) is 5.92 Å². The molecule has 22 N–H and O–H groups in total. The molecular weight excluding hydrogens is 1250 g/mol. The molecule has 0 bridgehead atoms. The van der Waals surface area contributed by atoms with Crippen molar-refractivity contribution in [2.45, 2.75) is 183 Å². The highest BCUT2D eigenvalue weighted by molar-refractivity contribution is 7.98. The van der Waals surface area contributed by atoms with E-state index in [-0.39, 0.29) is 83.0 Å². The zero-order valence-corrected chi connectivity index (χ0v) is 55.3. The summed E-state index contributed by atoms with van der Waals surface area (Å²) in [5.41, 5.74) is 40.6. The van der Waals surface area contributed by atoms with Crippen molar-refractivity contribution in [2.24, 2.45) is 51.0 Å². The molecule has 32 heteroatoms. The number of unbranched alkanes of at least 4 members (excludes halogenated alkanes) is 1. The SMILES string of the molecule is CSCC[C@H](NC(=O)[C@@H](CC(C)C)NC(=O)CNC(=O)[C@@H](Cc1ccccc1)NC(=O)[C@@H](Cc1ccccc1)NC(=O)[C@H](CCC(N)=O)NC(=O)[C@@H](CCC(N)=O)NC(=O)[C@H]1CCCN1C(=O)[C@H](CCCCN)NC(=O)[C@H]1CCCN1C(=O)[C@H](N)CCCN=C(N)N)C(N)=O. The number of guanidine groups is 1. The smallest absolute Gasteiger partial charge is 0.245 e. The third kappa shape index (κ3) is 27.5. The van der Waals surface area contributed by atoms with E-state index in [4.69, 9.17) is 40.1 Å². The van der Waals surface area contributed by atoms with E-state index in [9.17, 15) is 62.3 Å². The van der Waals surface area contributed by atoms with Crippen molar-refractivity contribution in [1.29, 1.82) is 0 Å². The fraction of sp³-hybridized carbons (Fsp3) is 0.587. The minimum Gasteiger partial charge on any atom is -0.370 e. The number of hydrogen-bond acceptors (Lipinski definition) is 17. The van der Waals surface area contributed by atoms with E-state index in [0.29, 0.717) is 55.4 Å². The summed E-state index contributed by atoms with van der Waals surface area (Å²) in [4.78, 5) is 185. The van der Waals surface area contributed by atoms with Crippen LogP contribution >= 0.6 is 11.8 Å². The van der Waals surface area contributed by atoms with Gasteiger partial charge in [-0.2, -0.15) is 11.8 Å². The van der Waals surface area contributed by atoms with E-state index in [1.54, 1.807) is 60.7 Å². The van der Waals surface area contributed by atoms with Gasteiger partial charge in [-0.3, -0.25) is 67.3 Å². The van der Waals surface area contributed by atoms with Crippen molar-refractivity contribution in [2.75, 3.05) is 44.7 Å². The van der Waals surface area contributed by atoms with Crippen LogP contribution in [0.5, 0.6) is 0 Å². The Kier molecular flexibility index (Phi) is 33.9. The highest BCUT2D eigenvalue weighted by Crippen LogP contribution is 2.24. The van der Waals surface area contributed by atoms with E-state index < -0.39 is 169 Å². The number of thioether (sulfide) groups is 1. The molecule has 95 heavy (non-hydrogen) atoms. The molecule has 10 atom stereocenters. The third-order valence-electron chi connectivity index (χ3n) is 16.0. The lowest BCUT2D eigenvalue weighted by atomic mass is 10.0. The number of aliphatic imine (C=N–C) groups is 1. The third-order valence-corrected chi connectivity index (χ3v) is 16.7. The summed E-state index contributed by atoms with van der Waals surface area (Å²) in [6.07, 6.45) is 3.12. The van der Waals surface area contributed by atoms with Crippen LogP contribution in [0.25, 0.3) is 0 Å². The van der Waals surface area contributed by atoms with Crippen molar-refractivity contribution in [3.05, 3.63) is 71.8 Å². The highest BCUT2D eigenvalue weighted by atomic mass is 32.2. The van der Waals surface area contributed by atoms with Gasteiger partial charge in [0, 0.05) is 45.3 Å². The number of rotatable bonds is 42. The predicted molar refractivity (Wildman–Crippen MR) is 356 cm³/mol. The maximum atomic E-state index is 14.7. The van der Waals surface area contributed by atoms with E-state index >= 15 is 0 Å². The summed E-state index contributed by atoms with van der Waals surface area (Å²) >= 11 is 1.45. The Hall–Kier alpha value is -8.91. The zero-order valence-electron chi connectivity index (χ0n) is 54.5. The van der Waals surface area contributed by atoms with Crippen molar-refractivity contribution in [3.8, 4) is 0 Å². The molecule has 0 aromatic heterocycles. The molecule has 0 radical (unpaired) electrons. The number of carbonyl (C=O) groups is 13. The molecule has 31 nitrogen and oxygen atoms in total. The van der Waals surface area contributed by atoms with Gasteiger partial charge in [-0.25, -0.2) is 0 Å². The van der Waals surface area contributed by atoms with Gasteiger partial charge in [0.1, 0.15) is 54.4 Å². The van der Waals surface area contributed by atoms with Crippen LogP contribution in [0.1, 0.15) is 121 Å². The van der Waals surface area contributed by atoms with Gasteiger partial charge >= 0.3 is 0 Å². The Morgan fingerprint density at radius 1 is 0.537 bits per heavy atom. The Morgan fingerprint density at radius 2 is 1.01 bits per heavy atom. The number of likely N-dealkylation sites (tertiary alicyclic amines) is 2. The maximum Gasteiger partial charge on any atom is 0.245 e. The molecule has 0 spiro atoms. The van der Waals surface area contributed by atoms with Gasteiger partial charge in [0.05, 0.1) is 12.6 Å². The molecule has 0 aliphatic carbocycles. The summed E-state index contributed by atoms with van der Waals surface area (Å²) in [6, 6.07) is 4.51. The van der Waals surface area contributed by atoms with Gasteiger partial charge in [-0.05, 0) is 119 Å². The average Bonchev–Trinajstić information content (AvgIpc) is 1.74. The normalized spacial score (nSPS) is 16.8. The predicted octanol–water partition coefficient (Wildman–Crippen LogP) is -3.71. The van der Waals surface area contributed by atoms with Crippen molar-refractivity contribution < 1.29 is 62.3 Å². The van der Waals surface area contributed by atoms with Crippen molar-refractivity contribution in [3.63, 3.8) is 0 Å². The van der Waals surface area contributed by atoms with Gasteiger partial charge in [0.2, 0.25) is 76.8 Å². The molecule has 0 saturated carbocycles. The lowest BCUT2D eigenvalue weighted by Crippen LogP contribution is -2.60. The second kappa shape index (κ2) is 41.0. The summed E-state index contributed by atoms with van der Waals surface area (Å²) in [7, 11) is 0. The number of benzene rings is 2. The first kappa shape index (κ1) is 78.5. The van der Waals surface area contributed by atoms with Crippen LogP contribution in [0.3, 0.4) is 0 Å². The van der Waals surface area contributed by atoms with Crippen LogP contribution in [-0.2, 0) is 75.2 Å². The monoisotopic (exact) mass is 1350 g/mol. The van der Waals surface area contributed by atoms with Crippen molar-refractivity contribution in [1.82, 2.24) is 52.3 Å². The molecule has 13 amide bonds. The molecule has 2 aromatic rings. The minimum atomic E-state index is -1.64. The molecule has 2 aliphatic rings. The summed E-state index contributed by atoms with van der Waals surface area (Å²) in [5, 5.41) is 21.1. The lowest BCUT2D eigenvalue weighted by Gasteiger charge is -2.32. The minimum absolute atomic E-state index is 0.0736. The largest absolute Gasteiger partial charge is 0.370 e. The second-order valence-electron chi connectivity index (χ2n) is 24.1. The van der Waals surface area contributed by atoms with Gasteiger partial charge < -0.3 is 92.5 Å². The quantitative estimate of drug-likeness (QED) is 0.0173. The molecule has 2 heterocycles. The van der Waals surface area contributed by atoms with E-state index in [2.05, 4.69) is 47.5 Å². The van der Waals surface area contributed by atoms with Crippen LogP contribution in [0.2, 0.25) is 0 Å². The fourth-order valence-electron chi connectivity index (χ4n) is 11.0. The van der Waals surface area contributed by atoms with E-state index in [1.807, 2.05) is 20.1 Å². The molecule has 2 saturated heterocycles. The molecule has 2 aromatic carbocycles. The van der Waals surface area contributed by atoms with Crippen LogP contribution in [0.4, 0.5) is 0 Å². The lowest BCUT2D eigenvalue weighted by molar-refractivity contribution is -0.144. The number of hydrogen-bond donors (Lipinski definition) is 15. The summed E-state index contributed by atoms with van der Waals surface area (Å²) < 4.78 is 0. The number of amides is 13. The molecule has 0 unspecified atom stereocenters. The number of nitrogens with one attached hydrogen (secondary N) is 8. The van der Waals surface area contributed by atoms with E-state index in [1.165, 1.54) is 21.6 Å². The fourth-order valence-corrected chi connectivity index (χ4v) is 11.5. The number of nitrogens with two attached hydrogens (primary N) is 7. The Bertz CT molecular complexity index is 2960. The summed E-state index contributed by atoms with van der Waals surface area (Å²) in [6.45, 7) is 3.86. The van der Waals surface area contributed by atoms with Crippen molar-refractivity contribution >= 4 is 94.5 Å². The standard InChI is InChI=1S/C63H98N18O13S/c1-37(2)33-45(57(89)74-41(53(68)85)27-32-95-3)73-52(84)36-72-54(86)46(34-38-15-6-4-7-16-38)78-58(90)47(35-39-17-8-5-9-18-39)79-56(88)42(23-25-50(66)82)75-55(87)43(24-26-51(67)83)76-59(91)49-22-14-31-81(49)62(94)44(20-10-11-28-64)77-60(92)48-21-13-30-80(48)61(93)40(65)19-12-29-71-63(69)70/h4-9,15-18,37,40-49H,10-14,19-36,64-65H2,1-3H3,(H2,66,82)(H2,67,83)(H2,68,85)(H,72,86)(H,73,84)(H,74,89)(H,75,87)(H,76,91)(H,77,92)(H,78,90)(H,79,88)(H4,69,70,71)/t40-,41+,42+,43-,44+,45-,46-,47-,48-,49-/m1/s1. The molecule has 4 rings (SSSR count). The Morgan fingerprint density at radius 3 is 1.51 bits per heavy atom. The van der Waals surface area contributed by atoms with Gasteiger partial charge in [-0.1, -0.05) is 74.5 Å². The number of carbonyl (C=O) groups excluding carboxylic acids is 13. The van der Waals surface area contributed by atoms with Gasteiger partial charge in [0.25, 0.3) is 0 Å². The van der Waals surface area contributed by atoms with Crippen LogP contribution in [0.15, 0.2) is 65.7 Å². The molecule has 2 aliphatic heterocycles. The summed E-state index contributed by atoms with van der Waals surface area (Å²) in [5.74, 6) is -9.80. The first-order chi connectivity index (χ1) is 45.2. The first-order valence-corrected chi connectivity index (χ1v) is 33.6. The second-order valence-corrected chi connectivity index (χ2v) is 25.1. The Balaban J connectivity index is 1.56. The first-order valence-electron chi connectivity index (χ1n) is 32.2. The van der Waals surface area contributed by atoms with Gasteiger partial charge in [0.15, 0.2) is 5.96 Å². The maximum absolute atomic E-state index is 14.7. The topological polar surface area (TPSA) is 519 Å². The molecule has 2 fully saturated rings. The van der Waals surface area contributed by atoms with E-state index in [0.717, 1.165) is 0 Å². The number of nitrogens with zero attached hydrogens (tertiary/aromatic N) is 3. The number of primary amides is 3. The molecule has 524 valence electrons. The average molecular weight is 1350 g/mol. The van der Waals surface area contributed by atoms with Gasteiger partial charge in [-0.15, -0.1) is 0 Å². The van der Waals surface area contributed by atoms with Crippen LogP contribution in [-0.4, -0.2) is 198 Å².